The lowest BCUT2D eigenvalue weighted by atomic mass is 10.2. The summed E-state index contributed by atoms with van der Waals surface area (Å²) in [7, 11) is 0. The molecule has 1 atom stereocenters. The summed E-state index contributed by atoms with van der Waals surface area (Å²) in [5.74, 6) is -0.737. The maximum absolute atomic E-state index is 13.1. The lowest BCUT2D eigenvalue weighted by Crippen LogP contribution is -2.47. The van der Waals surface area contributed by atoms with Crippen molar-refractivity contribution in [2.45, 2.75) is 19.2 Å². The largest absolute Gasteiger partial charge is 0.457 e. The Morgan fingerprint density at radius 3 is 2.14 bits per heavy atom. The number of aromatic nitrogens is 3. The van der Waals surface area contributed by atoms with Gasteiger partial charge in [0.15, 0.2) is 0 Å². The topological polar surface area (TPSA) is 107 Å². The van der Waals surface area contributed by atoms with Crippen LogP contribution in [0.25, 0.3) is 0 Å². The fourth-order valence-corrected chi connectivity index (χ4v) is 3.23. The quantitative estimate of drug-likeness (QED) is 0.321. The van der Waals surface area contributed by atoms with Crippen LogP contribution in [0.1, 0.15) is 5.56 Å². The van der Waals surface area contributed by atoms with Crippen LogP contribution >= 0.6 is 0 Å². The number of rotatable bonds is 11. The van der Waals surface area contributed by atoms with Gasteiger partial charge in [-0.1, -0.05) is 12.1 Å². The van der Waals surface area contributed by atoms with Gasteiger partial charge in [0.05, 0.1) is 13.2 Å². The predicted molar refractivity (Wildman–Crippen MR) is 130 cm³/mol. The zero-order valence-electron chi connectivity index (χ0n) is 19.5. The Labute approximate surface area is 211 Å². The normalized spacial score (nSPS) is 11.5. The standard InChI is InChI=1S/C26H23F2N5O4/c27-19-3-1-18(2-4-19)14-36-15-24(32-25(34)13-33-17-29-16-30-33)26(35)31-21-7-11-23(12-8-21)37-22-9-5-20(28)6-10-22/h1-12,16-17,24H,13-15H2,(H,31,35)(H,32,34)/t24-/m0/s1. The molecular formula is C26H23F2N5O4. The van der Waals surface area contributed by atoms with Gasteiger partial charge in [0.1, 0.15) is 48.4 Å². The molecule has 3 aromatic carbocycles. The first-order valence-corrected chi connectivity index (χ1v) is 11.2. The molecule has 1 heterocycles. The first-order valence-electron chi connectivity index (χ1n) is 11.2. The van der Waals surface area contributed by atoms with E-state index in [1.54, 1.807) is 36.4 Å². The number of anilines is 1. The number of carbonyl (C=O) groups excluding carboxylic acids is 2. The van der Waals surface area contributed by atoms with Crippen LogP contribution in [-0.4, -0.2) is 39.2 Å². The molecule has 37 heavy (non-hydrogen) atoms. The first-order chi connectivity index (χ1) is 17.9. The van der Waals surface area contributed by atoms with Crippen molar-refractivity contribution in [3.05, 3.63) is 103 Å². The van der Waals surface area contributed by atoms with E-state index in [4.69, 9.17) is 9.47 Å². The highest BCUT2D eigenvalue weighted by atomic mass is 19.1. The third-order valence-corrected chi connectivity index (χ3v) is 5.06. The molecule has 0 aliphatic rings. The molecule has 11 heteroatoms. The summed E-state index contributed by atoms with van der Waals surface area (Å²) < 4.78 is 38.8. The van der Waals surface area contributed by atoms with E-state index < -0.39 is 17.9 Å². The van der Waals surface area contributed by atoms with Gasteiger partial charge in [-0.25, -0.2) is 18.4 Å². The predicted octanol–water partition coefficient (Wildman–Crippen LogP) is 3.69. The van der Waals surface area contributed by atoms with E-state index in [9.17, 15) is 18.4 Å². The number of halogens is 2. The summed E-state index contributed by atoms with van der Waals surface area (Å²) in [6.07, 6.45) is 2.68. The van der Waals surface area contributed by atoms with Crippen LogP contribution in [0.4, 0.5) is 14.5 Å². The van der Waals surface area contributed by atoms with Crippen LogP contribution in [0.5, 0.6) is 11.5 Å². The minimum absolute atomic E-state index is 0.123. The van der Waals surface area contributed by atoms with Gasteiger partial charge in [0.2, 0.25) is 11.8 Å². The smallest absolute Gasteiger partial charge is 0.249 e. The van der Waals surface area contributed by atoms with Crippen molar-refractivity contribution in [1.29, 1.82) is 0 Å². The van der Waals surface area contributed by atoms with Crippen molar-refractivity contribution in [2.75, 3.05) is 11.9 Å². The molecule has 0 aliphatic carbocycles. The summed E-state index contributed by atoms with van der Waals surface area (Å²) in [6.45, 7) is -0.131. The van der Waals surface area contributed by atoms with E-state index in [0.717, 1.165) is 0 Å². The zero-order chi connectivity index (χ0) is 26.0. The van der Waals surface area contributed by atoms with E-state index in [1.165, 1.54) is 53.7 Å². The van der Waals surface area contributed by atoms with Gasteiger partial charge in [-0.3, -0.25) is 9.59 Å². The lowest BCUT2D eigenvalue weighted by Gasteiger charge is -2.19. The molecular weight excluding hydrogens is 484 g/mol. The molecule has 0 bridgehead atoms. The average molecular weight is 507 g/mol. The summed E-state index contributed by atoms with van der Waals surface area (Å²) >= 11 is 0. The average Bonchev–Trinajstić information content (AvgIpc) is 3.40. The number of hydrogen-bond donors (Lipinski definition) is 2. The molecule has 4 rings (SSSR count). The van der Waals surface area contributed by atoms with Crippen LogP contribution < -0.4 is 15.4 Å². The van der Waals surface area contributed by atoms with E-state index in [-0.39, 0.29) is 31.4 Å². The second kappa shape index (κ2) is 12.4. The highest BCUT2D eigenvalue weighted by molar-refractivity contribution is 5.97. The van der Waals surface area contributed by atoms with Crippen molar-refractivity contribution in [1.82, 2.24) is 20.1 Å². The SMILES string of the molecule is O=C(Cn1cncn1)N[C@@H](COCc1ccc(F)cc1)C(=O)Nc1ccc(Oc2ccc(F)cc2)cc1. The fourth-order valence-electron chi connectivity index (χ4n) is 3.23. The summed E-state index contributed by atoms with van der Waals surface area (Å²) in [5, 5.41) is 9.26. The number of nitrogens with zero attached hydrogens (tertiary/aromatic N) is 3. The lowest BCUT2D eigenvalue weighted by molar-refractivity contribution is -0.128. The van der Waals surface area contributed by atoms with Crippen molar-refractivity contribution in [2.24, 2.45) is 0 Å². The number of hydrogen-bond acceptors (Lipinski definition) is 6. The van der Waals surface area contributed by atoms with Crippen LogP contribution in [0.15, 0.2) is 85.5 Å². The summed E-state index contributed by atoms with van der Waals surface area (Å²) in [6, 6.07) is 16.9. The van der Waals surface area contributed by atoms with E-state index in [2.05, 4.69) is 20.7 Å². The number of benzene rings is 3. The van der Waals surface area contributed by atoms with Crippen molar-refractivity contribution >= 4 is 17.5 Å². The van der Waals surface area contributed by atoms with E-state index >= 15 is 0 Å². The van der Waals surface area contributed by atoms with Gasteiger partial charge >= 0.3 is 0 Å². The molecule has 9 nitrogen and oxygen atoms in total. The van der Waals surface area contributed by atoms with Crippen molar-refractivity contribution in [3.8, 4) is 11.5 Å². The molecule has 0 radical (unpaired) electrons. The third kappa shape index (κ3) is 7.94. The number of ether oxygens (including phenoxy) is 2. The van der Waals surface area contributed by atoms with Crippen LogP contribution in [-0.2, 0) is 27.5 Å². The molecule has 190 valence electrons. The minimum Gasteiger partial charge on any atom is -0.457 e. The van der Waals surface area contributed by atoms with Crippen LogP contribution in [0.3, 0.4) is 0 Å². The fraction of sp³-hybridized carbons (Fsp3) is 0.154. The van der Waals surface area contributed by atoms with E-state index in [1.807, 2.05) is 0 Å². The molecule has 0 saturated heterocycles. The van der Waals surface area contributed by atoms with Crippen LogP contribution in [0.2, 0.25) is 0 Å². The molecule has 4 aromatic rings. The Balaban J connectivity index is 1.37. The molecule has 2 amide bonds. The Kier molecular flexibility index (Phi) is 8.50. The molecule has 0 saturated carbocycles. The molecule has 2 N–H and O–H groups in total. The molecule has 0 spiro atoms. The number of amides is 2. The Bertz CT molecular complexity index is 1300. The monoisotopic (exact) mass is 507 g/mol. The minimum atomic E-state index is -1.02. The maximum Gasteiger partial charge on any atom is 0.249 e. The van der Waals surface area contributed by atoms with Crippen molar-refractivity contribution in [3.63, 3.8) is 0 Å². The van der Waals surface area contributed by atoms with Gasteiger partial charge < -0.3 is 20.1 Å². The van der Waals surface area contributed by atoms with E-state index in [0.29, 0.717) is 22.7 Å². The molecule has 0 unspecified atom stereocenters. The van der Waals surface area contributed by atoms with Gasteiger partial charge in [-0.05, 0) is 66.2 Å². The van der Waals surface area contributed by atoms with Gasteiger partial charge in [0, 0.05) is 5.69 Å². The molecule has 0 aliphatic heterocycles. The Hall–Kier alpha value is -4.64. The second-order valence-corrected chi connectivity index (χ2v) is 7.92. The highest BCUT2D eigenvalue weighted by Crippen LogP contribution is 2.23. The van der Waals surface area contributed by atoms with Crippen LogP contribution in [0, 0.1) is 11.6 Å². The third-order valence-electron chi connectivity index (χ3n) is 5.06. The molecule has 1 aromatic heterocycles. The number of carbonyl (C=O) groups is 2. The zero-order valence-corrected chi connectivity index (χ0v) is 19.5. The van der Waals surface area contributed by atoms with Gasteiger partial charge in [-0.2, -0.15) is 5.10 Å². The molecule has 0 fully saturated rings. The van der Waals surface area contributed by atoms with Crippen molar-refractivity contribution < 1.29 is 27.8 Å². The number of nitrogens with one attached hydrogen (secondary N) is 2. The first kappa shape index (κ1) is 25.5. The highest BCUT2D eigenvalue weighted by Gasteiger charge is 2.22. The maximum atomic E-state index is 13.1. The Morgan fingerprint density at radius 1 is 0.892 bits per heavy atom. The van der Waals surface area contributed by atoms with Gasteiger partial charge in [0.25, 0.3) is 0 Å². The Morgan fingerprint density at radius 2 is 1.51 bits per heavy atom. The summed E-state index contributed by atoms with van der Waals surface area (Å²) in [4.78, 5) is 29.2. The van der Waals surface area contributed by atoms with Gasteiger partial charge in [-0.15, -0.1) is 0 Å². The second-order valence-electron chi connectivity index (χ2n) is 7.92. The summed E-state index contributed by atoms with van der Waals surface area (Å²) in [5.41, 5.74) is 1.18.